The molecule has 0 fully saturated rings. The summed E-state index contributed by atoms with van der Waals surface area (Å²) in [5.74, 6) is 3.06. The number of benzene rings is 2. The topological polar surface area (TPSA) is 36.9 Å². The highest BCUT2D eigenvalue weighted by atomic mass is 28.4. The van der Waals surface area contributed by atoms with E-state index in [-0.39, 0.29) is 5.04 Å². The molecule has 0 saturated heterocycles. The summed E-state index contributed by atoms with van der Waals surface area (Å²) in [5.41, 5.74) is 2.03. The molecule has 2 aromatic carbocycles. The molecular formula is C23H32O4Si. The monoisotopic (exact) mass is 400 g/mol. The summed E-state index contributed by atoms with van der Waals surface area (Å²) in [4.78, 5) is 0. The molecule has 28 heavy (non-hydrogen) atoms. The van der Waals surface area contributed by atoms with Gasteiger partial charge >= 0.3 is 0 Å². The van der Waals surface area contributed by atoms with Gasteiger partial charge in [-0.05, 0) is 53.5 Å². The Kier molecular flexibility index (Phi) is 6.83. The van der Waals surface area contributed by atoms with E-state index in [1.807, 2.05) is 48.6 Å². The van der Waals surface area contributed by atoms with Crippen LogP contribution < -0.4 is 18.6 Å². The van der Waals surface area contributed by atoms with Gasteiger partial charge in [0.2, 0.25) is 0 Å². The molecule has 0 aliphatic heterocycles. The Morgan fingerprint density at radius 1 is 0.714 bits per heavy atom. The van der Waals surface area contributed by atoms with Crippen molar-refractivity contribution >= 4 is 20.5 Å². The highest BCUT2D eigenvalue weighted by Crippen LogP contribution is 2.40. The highest BCUT2D eigenvalue weighted by Gasteiger charge is 2.39. The van der Waals surface area contributed by atoms with Crippen LogP contribution in [0, 0.1) is 0 Å². The lowest BCUT2D eigenvalue weighted by Crippen LogP contribution is -2.43. The molecule has 2 rings (SSSR count). The fourth-order valence-corrected chi connectivity index (χ4v) is 3.44. The maximum absolute atomic E-state index is 6.42. The van der Waals surface area contributed by atoms with Gasteiger partial charge in [-0.1, -0.05) is 39.0 Å². The van der Waals surface area contributed by atoms with Gasteiger partial charge in [-0.2, -0.15) is 0 Å². The lowest BCUT2D eigenvalue weighted by molar-refractivity contribution is 0.386. The summed E-state index contributed by atoms with van der Waals surface area (Å²) >= 11 is 0. The molecule has 0 unspecified atom stereocenters. The maximum atomic E-state index is 6.42. The molecule has 0 aromatic heterocycles. The highest BCUT2D eigenvalue weighted by molar-refractivity contribution is 6.74. The van der Waals surface area contributed by atoms with E-state index in [2.05, 4.69) is 33.9 Å². The molecule has 0 aliphatic rings. The zero-order valence-corrected chi connectivity index (χ0v) is 19.3. The quantitative estimate of drug-likeness (QED) is 0.406. The molecule has 5 heteroatoms. The number of rotatable bonds is 7. The predicted molar refractivity (Wildman–Crippen MR) is 119 cm³/mol. The van der Waals surface area contributed by atoms with Crippen LogP contribution in [0.5, 0.6) is 23.0 Å². The van der Waals surface area contributed by atoms with Crippen LogP contribution in [-0.2, 0) is 0 Å². The third-order valence-corrected chi connectivity index (χ3v) is 9.54. The normalized spacial score (nSPS) is 12.1. The lowest BCUT2D eigenvalue weighted by Gasteiger charge is -2.36. The third kappa shape index (κ3) is 5.32. The van der Waals surface area contributed by atoms with Crippen LogP contribution in [0.25, 0.3) is 12.2 Å². The Labute approximate surface area is 170 Å². The summed E-state index contributed by atoms with van der Waals surface area (Å²) in [5, 5.41) is 0.127. The van der Waals surface area contributed by atoms with Crippen molar-refractivity contribution in [3.8, 4) is 23.0 Å². The van der Waals surface area contributed by atoms with Gasteiger partial charge in [-0.3, -0.25) is 0 Å². The van der Waals surface area contributed by atoms with E-state index < -0.39 is 8.32 Å². The summed E-state index contributed by atoms with van der Waals surface area (Å²) in [6, 6.07) is 11.8. The van der Waals surface area contributed by atoms with Crippen molar-refractivity contribution in [1.82, 2.24) is 0 Å². The van der Waals surface area contributed by atoms with Crippen molar-refractivity contribution in [3.05, 3.63) is 47.5 Å². The Hall–Kier alpha value is -2.40. The molecular weight excluding hydrogens is 368 g/mol. The first-order valence-corrected chi connectivity index (χ1v) is 12.3. The Morgan fingerprint density at radius 2 is 1.29 bits per heavy atom. The predicted octanol–water partition coefficient (Wildman–Crippen LogP) is 6.27. The van der Waals surface area contributed by atoms with E-state index in [0.29, 0.717) is 0 Å². The minimum atomic E-state index is -1.93. The first-order chi connectivity index (χ1) is 13.1. The molecule has 0 saturated carbocycles. The molecule has 0 amide bonds. The number of ether oxygens (including phenoxy) is 3. The van der Waals surface area contributed by atoms with Gasteiger partial charge in [0.15, 0.2) is 5.75 Å². The maximum Gasteiger partial charge on any atom is 0.250 e. The summed E-state index contributed by atoms with van der Waals surface area (Å²) in [6.07, 6.45) is 4.06. The molecule has 2 aromatic rings. The van der Waals surface area contributed by atoms with E-state index in [0.717, 1.165) is 34.1 Å². The minimum absolute atomic E-state index is 0.127. The van der Waals surface area contributed by atoms with E-state index in [9.17, 15) is 0 Å². The molecule has 0 atom stereocenters. The Balaban J connectivity index is 2.28. The van der Waals surface area contributed by atoms with Crippen molar-refractivity contribution in [3.63, 3.8) is 0 Å². The molecule has 0 aliphatic carbocycles. The van der Waals surface area contributed by atoms with Crippen LogP contribution in [0.1, 0.15) is 31.9 Å². The Morgan fingerprint density at radius 3 is 1.79 bits per heavy atom. The first-order valence-electron chi connectivity index (χ1n) is 9.38. The van der Waals surface area contributed by atoms with Crippen LogP contribution in [-0.4, -0.2) is 29.6 Å². The van der Waals surface area contributed by atoms with Gasteiger partial charge in [0.25, 0.3) is 8.32 Å². The summed E-state index contributed by atoms with van der Waals surface area (Å²) in [7, 11) is 3.04. The number of methoxy groups -OCH3 is 3. The van der Waals surface area contributed by atoms with Crippen LogP contribution in [0.3, 0.4) is 0 Å². The smallest absolute Gasteiger partial charge is 0.250 e. The standard InChI is InChI=1S/C23H32O4Si/c1-23(2,3)28(7,8)27-21-12-11-17(15-22(21)26-6)9-10-18-13-19(24-4)16-20(14-18)25-5/h9-16H,1-8H3/b10-9+. The molecule has 152 valence electrons. The fraction of sp³-hybridized carbons (Fsp3) is 0.391. The Bertz CT molecular complexity index is 813. The number of hydrogen-bond donors (Lipinski definition) is 0. The molecule has 0 radical (unpaired) electrons. The van der Waals surface area contributed by atoms with Crippen molar-refractivity contribution in [2.75, 3.05) is 21.3 Å². The largest absolute Gasteiger partial charge is 0.541 e. The van der Waals surface area contributed by atoms with Gasteiger partial charge < -0.3 is 18.6 Å². The summed E-state index contributed by atoms with van der Waals surface area (Å²) in [6.45, 7) is 11.1. The van der Waals surface area contributed by atoms with Gasteiger partial charge in [-0.25, -0.2) is 0 Å². The molecule has 0 bridgehead atoms. The van der Waals surface area contributed by atoms with E-state index in [4.69, 9.17) is 18.6 Å². The fourth-order valence-electron chi connectivity index (χ4n) is 2.42. The molecule has 4 nitrogen and oxygen atoms in total. The van der Waals surface area contributed by atoms with Crippen LogP contribution in [0.15, 0.2) is 36.4 Å². The third-order valence-electron chi connectivity index (χ3n) is 5.20. The van der Waals surface area contributed by atoms with Crippen LogP contribution in [0.2, 0.25) is 18.1 Å². The summed E-state index contributed by atoms with van der Waals surface area (Å²) < 4.78 is 22.7. The second-order valence-electron chi connectivity index (χ2n) is 8.25. The van der Waals surface area contributed by atoms with Crippen LogP contribution >= 0.6 is 0 Å². The minimum Gasteiger partial charge on any atom is -0.541 e. The second kappa shape index (κ2) is 8.74. The number of hydrogen-bond acceptors (Lipinski definition) is 4. The average Bonchev–Trinajstić information content (AvgIpc) is 2.65. The lowest BCUT2D eigenvalue weighted by atomic mass is 10.1. The van der Waals surface area contributed by atoms with Gasteiger partial charge in [0, 0.05) is 6.07 Å². The van der Waals surface area contributed by atoms with Gasteiger partial charge in [0.05, 0.1) is 21.3 Å². The second-order valence-corrected chi connectivity index (χ2v) is 13.0. The van der Waals surface area contributed by atoms with Crippen molar-refractivity contribution in [1.29, 1.82) is 0 Å². The molecule has 0 heterocycles. The van der Waals surface area contributed by atoms with Crippen molar-refractivity contribution in [2.24, 2.45) is 0 Å². The van der Waals surface area contributed by atoms with E-state index in [1.54, 1.807) is 21.3 Å². The molecule has 0 spiro atoms. The first kappa shape index (κ1) is 21.9. The van der Waals surface area contributed by atoms with E-state index in [1.165, 1.54) is 0 Å². The van der Waals surface area contributed by atoms with Gasteiger partial charge in [0.1, 0.15) is 17.2 Å². The van der Waals surface area contributed by atoms with Crippen LogP contribution in [0.4, 0.5) is 0 Å². The molecule has 0 N–H and O–H groups in total. The van der Waals surface area contributed by atoms with Crippen molar-refractivity contribution < 1.29 is 18.6 Å². The van der Waals surface area contributed by atoms with Gasteiger partial charge in [-0.15, -0.1) is 0 Å². The average molecular weight is 401 g/mol. The zero-order valence-electron chi connectivity index (χ0n) is 18.3. The van der Waals surface area contributed by atoms with E-state index >= 15 is 0 Å². The van der Waals surface area contributed by atoms with Crippen molar-refractivity contribution in [2.45, 2.75) is 38.9 Å². The SMILES string of the molecule is COc1cc(/C=C/c2ccc(O[Si](C)(C)C(C)(C)C)c(OC)c2)cc(OC)c1. The zero-order chi connectivity index (χ0) is 20.9.